The Kier molecular flexibility index (Phi) is 4.71. The van der Waals surface area contributed by atoms with E-state index in [-0.39, 0.29) is 23.9 Å². The minimum absolute atomic E-state index is 0.0486. The molecule has 0 amide bonds. The first-order chi connectivity index (χ1) is 11.4. The number of esters is 1. The summed E-state index contributed by atoms with van der Waals surface area (Å²) < 4.78 is 5.25. The van der Waals surface area contributed by atoms with Gasteiger partial charge in [-0.25, -0.2) is 0 Å². The number of carbonyl (C=O) groups excluding carboxylic acids is 1. The third kappa shape index (κ3) is 2.98. The summed E-state index contributed by atoms with van der Waals surface area (Å²) in [7, 11) is 0. The van der Waals surface area contributed by atoms with Crippen molar-refractivity contribution < 1.29 is 19.7 Å². The monoisotopic (exact) mass is 332 g/mol. The third-order valence-corrected chi connectivity index (χ3v) is 6.56. The van der Waals surface area contributed by atoms with Crippen LogP contribution in [0.25, 0.3) is 0 Å². The van der Waals surface area contributed by atoms with Crippen LogP contribution in [0.3, 0.4) is 0 Å². The van der Waals surface area contributed by atoms with Crippen LogP contribution in [-0.2, 0) is 16.1 Å². The molecule has 4 heteroatoms. The highest BCUT2D eigenvalue weighted by molar-refractivity contribution is 5.65. The molecule has 4 atom stereocenters. The van der Waals surface area contributed by atoms with Gasteiger partial charge in [0.05, 0.1) is 18.8 Å². The number of aliphatic hydroxyl groups excluding tert-OH is 1. The van der Waals surface area contributed by atoms with Crippen molar-refractivity contribution in [2.45, 2.75) is 64.1 Å². The molecule has 0 aromatic heterocycles. The van der Waals surface area contributed by atoms with E-state index in [0.29, 0.717) is 12.5 Å². The van der Waals surface area contributed by atoms with Crippen LogP contribution in [0.2, 0.25) is 0 Å². The van der Waals surface area contributed by atoms with Crippen LogP contribution in [0.5, 0.6) is 0 Å². The van der Waals surface area contributed by atoms with Crippen molar-refractivity contribution in [3.05, 3.63) is 35.4 Å². The van der Waals surface area contributed by atoms with Gasteiger partial charge in [-0.3, -0.25) is 4.79 Å². The molecule has 3 rings (SSSR count). The summed E-state index contributed by atoms with van der Waals surface area (Å²) in [5.74, 6) is 0.307. The Bertz CT molecular complexity index is 613. The molecule has 0 unspecified atom stereocenters. The molecule has 2 fully saturated rings. The Morgan fingerprint density at radius 1 is 1.33 bits per heavy atom. The average molecular weight is 332 g/mol. The average Bonchev–Trinajstić information content (AvgIpc) is 2.83. The lowest BCUT2D eigenvalue weighted by Crippen LogP contribution is -2.50. The van der Waals surface area contributed by atoms with Gasteiger partial charge in [-0.05, 0) is 49.1 Å². The normalized spacial score (nSPS) is 35.5. The molecule has 0 heterocycles. The molecule has 1 aromatic carbocycles. The number of aliphatic hydroxyl groups is 2. The predicted octanol–water partition coefficient (Wildman–Crippen LogP) is 3.16. The van der Waals surface area contributed by atoms with Gasteiger partial charge in [0.2, 0.25) is 0 Å². The van der Waals surface area contributed by atoms with E-state index in [9.17, 15) is 15.0 Å². The summed E-state index contributed by atoms with van der Waals surface area (Å²) in [4.78, 5) is 11.1. The van der Waals surface area contributed by atoms with E-state index in [0.717, 1.165) is 37.7 Å². The lowest BCUT2D eigenvalue weighted by molar-refractivity contribution is -0.148. The molecule has 2 aliphatic carbocycles. The smallest absolute Gasteiger partial charge is 0.302 e. The van der Waals surface area contributed by atoms with Gasteiger partial charge in [0.1, 0.15) is 0 Å². The fraction of sp³-hybridized carbons (Fsp3) is 0.650. The quantitative estimate of drug-likeness (QED) is 0.831. The molecule has 0 bridgehead atoms. The number of benzene rings is 1. The van der Waals surface area contributed by atoms with E-state index >= 15 is 0 Å². The van der Waals surface area contributed by atoms with Crippen molar-refractivity contribution in [3.8, 4) is 0 Å². The van der Waals surface area contributed by atoms with Crippen LogP contribution in [0, 0.1) is 11.3 Å². The van der Waals surface area contributed by atoms with Crippen molar-refractivity contribution in [2.24, 2.45) is 11.3 Å². The van der Waals surface area contributed by atoms with Crippen LogP contribution in [0.15, 0.2) is 24.3 Å². The lowest BCUT2D eigenvalue weighted by Gasteiger charge is -2.49. The molecular formula is C20H28O4. The maximum Gasteiger partial charge on any atom is 0.302 e. The van der Waals surface area contributed by atoms with Crippen molar-refractivity contribution in [1.82, 2.24) is 0 Å². The minimum Gasteiger partial charge on any atom is -0.466 e. The first-order valence-corrected chi connectivity index (χ1v) is 8.93. The maximum absolute atomic E-state index is 11.4. The van der Waals surface area contributed by atoms with Gasteiger partial charge in [0.15, 0.2) is 0 Å². The van der Waals surface area contributed by atoms with Gasteiger partial charge in [-0.1, -0.05) is 31.2 Å². The van der Waals surface area contributed by atoms with Gasteiger partial charge in [-0.15, -0.1) is 0 Å². The number of fused-ring (bicyclic) bond motifs is 1. The Balaban J connectivity index is 1.76. The largest absolute Gasteiger partial charge is 0.466 e. The number of carbonyl (C=O) groups is 1. The van der Waals surface area contributed by atoms with E-state index in [1.54, 1.807) is 0 Å². The van der Waals surface area contributed by atoms with E-state index in [1.807, 2.05) is 12.1 Å². The standard InChI is InChI=1S/C20H28O4/c1-14(22)24-13-18-7-9-20(23)11-17(6-8-19(18,20)2)16-5-3-4-15(10-16)12-21/h3-5,10,17-18,21,23H,6-9,11-13H2,1-2H3/t17-,18+,19+,20-/m0/s1. The Labute approximate surface area is 143 Å². The van der Waals surface area contributed by atoms with Gasteiger partial charge in [-0.2, -0.15) is 0 Å². The first-order valence-electron chi connectivity index (χ1n) is 8.93. The number of hydrogen-bond acceptors (Lipinski definition) is 4. The van der Waals surface area contributed by atoms with Crippen LogP contribution in [-0.4, -0.2) is 28.4 Å². The molecule has 4 nitrogen and oxygen atoms in total. The predicted molar refractivity (Wildman–Crippen MR) is 91.4 cm³/mol. The fourth-order valence-electron chi connectivity index (χ4n) is 4.87. The molecule has 132 valence electrons. The van der Waals surface area contributed by atoms with E-state index in [1.165, 1.54) is 12.5 Å². The summed E-state index contributed by atoms with van der Waals surface area (Å²) in [6.07, 6.45) is 4.37. The van der Waals surface area contributed by atoms with E-state index in [2.05, 4.69) is 19.1 Å². The molecular weight excluding hydrogens is 304 g/mol. The molecule has 2 N–H and O–H groups in total. The molecule has 0 radical (unpaired) electrons. The number of ether oxygens (including phenoxy) is 1. The van der Waals surface area contributed by atoms with Gasteiger partial charge >= 0.3 is 5.97 Å². The molecule has 0 spiro atoms. The highest BCUT2D eigenvalue weighted by Gasteiger charge is 2.59. The topological polar surface area (TPSA) is 66.8 Å². The van der Waals surface area contributed by atoms with Crippen molar-refractivity contribution >= 4 is 5.97 Å². The van der Waals surface area contributed by atoms with Crippen LogP contribution < -0.4 is 0 Å². The summed E-state index contributed by atoms with van der Waals surface area (Å²) >= 11 is 0. The highest BCUT2D eigenvalue weighted by atomic mass is 16.5. The summed E-state index contributed by atoms with van der Waals surface area (Å²) in [6, 6.07) is 8.07. The van der Waals surface area contributed by atoms with Gasteiger partial charge < -0.3 is 14.9 Å². The number of hydrogen-bond donors (Lipinski definition) is 2. The van der Waals surface area contributed by atoms with Crippen LogP contribution in [0.1, 0.15) is 63.0 Å². The molecule has 1 aromatic rings. The zero-order valence-corrected chi connectivity index (χ0v) is 14.6. The second-order valence-electron chi connectivity index (χ2n) is 7.83. The lowest BCUT2D eigenvalue weighted by atomic mass is 9.59. The second-order valence-corrected chi connectivity index (χ2v) is 7.83. The third-order valence-electron chi connectivity index (χ3n) is 6.56. The second kappa shape index (κ2) is 6.49. The summed E-state index contributed by atoms with van der Waals surface area (Å²) in [5, 5.41) is 20.7. The van der Waals surface area contributed by atoms with Crippen LogP contribution >= 0.6 is 0 Å². The van der Waals surface area contributed by atoms with Gasteiger partial charge in [0, 0.05) is 18.3 Å². The zero-order chi connectivity index (χ0) is 17.4. The van der Waals surface area contributed by atoms with Crippen molar-refractivity contribution in [3.63, 3.8) is 0 Å². The maximum atomic E-state index is 11.4. The Hall–Kier alpha value is -1.39. The number of rotatable bonds is 4. The zero-order valence-electron chi connectivity index (χ0n) is 14.6. The van der Waals surface area contributed by atoms with E-state index in [4.69, 9.17) is 4.74 Å². The highest BCUT2D eigenvalue weighted by Crippen LogP contribution is 2.60. The molecule has 0 saturated heterocycles. The summed E-state index contributed by atoms with van der Waals surface area (Å²) in [5.41, 5.74) is 1.25. The fourth-order valence-corrected chi connectivity index (χ4v) is 4.87. The van der Waals surface area contributed by atoms with Crippen molar-refractivity contribution in [1.29, 1.82) is 0 Å². The Morgan fingerprint density at radius 2 is 2.12 bits per heavy atom. The van der Waals surface area contributed by atoms with Crippen LogP contribution in [0.4, 0.5) is 0 Å². The van der Waals surface area contributed by atoms with Gasteiger partial charge in [0.25, 0.3) is 0 Å². The van der Waals surface area contributed by atoms with E-state index < -0.39 is 5.60 Å². The summed E-state index contributed by atoms with van der Waals surface area (Å²) in [6.45, 7) is 4.06. The van der Waals surface area contributed by atoms with Crippen molar-refractivity contribution in [2.75, 3.05) is 6.61 Å². The molecule has 24 heavy (non-hydrogen) atoms. The SMILES string of the molecule is CC(=O)OC[C@H]1CC[C@]2(O)C[C@@H](c3cccc(CO)c3)CC[C@]12C. The Morgan fingerprint density at radius 3 is 2.83 bits per heavy atom. The molecule has 0 aliphatic heterocycles. The molecule has 2 saturated carbocycles. The molecule has 2 aliphatic rings. The first kappa shape index (κ1) is 17.4. The minimum atomic E-state index is -0.698.